The number of sulfonamides is 1. The second kappa shape index (κ2) is 8.23. The molecule has 0 spiro atoms. The normalized spacial score (nSPS) is 16.1. The maximum atomic E-state index is 13.0. The molecule has 1 saturated heterocycles. The van der Waals surface area contributed by atoms with Gasteiger partial charge in [0.05, 0.1) is 4.90 Å². The molecule has 0 atom stereocenters. The smallest absolute Gasteiger partial charge is 0.243 e. The van der Waals surface area contributed by atoms with Gasteiger partial charge in [-0.2, -0.15) is 4.31 Å². The first-order valence-corrected chi connectivity index (χ1v) is 11.2. The van der Waals surface area contributed by atoms with Gasteiger partial charge in [0.25, 0.3) is 0 Å². The highest BCUT2D eigenvalue weighted by atomic mass is 35.5. The molecule has 1 aliphatic rings. The van der Waals surface area contributed by atoms with Gasteiger partial charge in [-0.3, -0.25) is 4.79 Å². The van der Waals surface area contributed by atoms with E-state index in [4.69, 9.17) is 11.6 Å². The van der Waals surface area contributed by atoms with Crippen LogP contribution in [0.2, 0.25) is 5.02 Å². The van der Waals surface area contributed by atoms with E-state index in [1.807, 2.05) is 32.0 Å². The predicted octanol–water partition coefficient (Wildman–Crippen LogP) is 4.30. The van der Waals surface area contributed by atoms with Gasteiger partial charge >= 0.3 is 0 Å². The van der Waals surface area contributed by atoms with Crippen molar-refractivity contribution in [1.29, 1.82) is 0 Å². The van der Waals surface area contributed by atoms with Gasteiger partial charge in [-0.05, 0) is 68.5 Å². The van der Waals surface area contributed by atoms with Crippen molar-refractivity contribution in [3.05, 3.63) is 58.1 Å². The molecule has 1 amide bonds. The molecule has 0 radical (unpaired) electrons. The SMILES string of the molecule is Cc1ccc(C)c(S(=O)(=O)N2CCC(C(=O)Nc3cccc(Cl)c3C)CC2)c1. The molecular formula is C21H25ClN2O3S. The average Bonchev–Trinajstić information content (AvgIpc) is 2.67. The summed E-state index contributed by atoms with van der Waals surface area (Å²) in [5.41, 5.74) is 3.17. The number of carbonyl (C=O) groups excluding carboxylic acids is 1. The zero-order chi connectivity index (χ0) is 20.5. The van der Waals surface area contributed by atoms with Crippen LogP contribution < -0.4 is 5.32 Å². The molecule has 0 bridgehead atoms. The molecule has 1 aliphatic heterocycles. The third-order valence-electron chi connectivity index (χ3n) is 5.31. The average molecular weight is 421 g/mol. The number of nitrogens with zero attached hydrogens (tertiary/aromatic N) is 1. The van der Waals surface area contributed by atoms with Gasteiger partial charge in [0.1, 0.15) is 0 Å². The van der Waals surface area contributed by atoms with Crippen LogP contribution >= 0.6 is 11.6 Å². The molecule has 3 rings (SSSR count). The second-order valence-electron chi connectivity index (χ2n) is 7.35. The molecule has 150 valence electrons. The summed E-state index contributed by atoms with van der Waals surface area (Å²) >= 11 is 6.11. The zero-order valence-electron chi connectivity index (χ0n) is 16.3. The predicted molar refractivity (Wildman–Crippen MR) is 112 cm³/mol. The van der Waals surface area contributed by atoms with E-state index in [0.717, 1.165) is 16.7 Å². The fourth-order valence-corrected chi connectivity index (χ4v) is 5.41. The van der Waals surface area contributed by atoms with Gasteiger partial charge in [0.15, 0.2) is 0 Å². The number of rotatable bonds is 4. The summed E-state index contributed by atoms with van der Waals surface area (Å²) in [5, 5.41) is 3.54. The second-order valence-corrected chi connectivity index (χ2v) is 9.66. The van der Waals surface area contributed by atoms with Crippen molar-refractivity contribution < 1.29 is 13.2 Å². The highest BCUT2D eigenvalue weighted by Gasteiger charge is 2.33. The third-order valence-corrected chi connectivity index (χ3v) is 7.76. The lowest BCUT2D eigenvalue weighted by atomic mass is 9.97. The molecule has 7 heteroatoms. The number of halogens is 1. The highest BCUT2D eigenvalue weighted by Crippen LogP contribution is 2.28. The number of anilines is 1. The van der Waals surface area contributed by atoms with Crippen LogP contribution in [0.1, 0.15) is 29.5 Å². The summed E-state index contributed by atoms with van der Waals surface area (Å²) in [5.74, 6) is -0.308. The maximum Gasteiger partial charge on any atom is 0.243 e. The van der Waals surface area contributed by atoms with E-state index in [-0.39, 0.29) is 11.8 Å². The van der Waals surface area contributed by atoms with E-state index < -0.39 is 10.0 Å². The summed E-state index contributed by atoms with van der Waals surface area (Å²) in [6.45, 7) is 6.22. The Morgan fingerprint density at radius 2 is 1.79 bits per heavy atom. The lowest BCUT2D eigenvalue weighted by Gasteiger charge is -2.31. The van der Waals surface area contributed by atoms with Gasteiger partial charge in [0.2, 0.25) is 15.9 Å². The Labute approximate surface area is 171 Å². The Kier molecular flexibility index (Phi) is 6.12. The van der Waals surface area contributed by atoms with E-state index in [1.54, 1.807) is 25.1 Å². The van der Waals surface area contributed by atoms with Gasteiger partial charge in [-0.15, -0.1) is 0 Å². The van der Waals surface area contributed by atoms with Gasteiger partial charge < -0.3 is 5.32 Å². The largest absolute Gasteiger partial charge is 0.326 e. The first-order valence-electron chi connectivity index (χ1n) is 9.33. The van der Waals surface area contributed by atoms with E-state index in [9.17, 15) is 13.2 Å². The lowest BCUT2D eigenvalue weighted by molar-refractivity contribution is -0.120. The monoisotopic (exact) mass is 420 g/mol. The zero-order valence-corrected chi connectivity index (χ0v) is 17.9. The summed E-state index contributed by atoms with van der Waals surface area (Å²) < 4.78 is 27.5. The van der Waals surface area contributed by atoms with Gasteiger partial charge in [-0.1, -0.05) is 29.8 Å². The Morgan fingerprint density at radius 3 is 2.46 bits per heavy atom. The molecule has 0 aliphatic carbocycles. The maximum absolute atomic E-state index is 13.0. The first kappa shape index (κ1) is 20.8. The number of carbonyl (C=O) groups is 1. The number of benzene rings is 2. The van der Waals surface area contributed by atoms with Crippen LogP contribution in [-0.4, -0.2) is 31.7 Å². The van der Waals surface area contributed by atoms with Crippen molar-refractivity contribution in [2.45, 2.75) is 38.5 Å². The fraction of sp³-hybridized carbons (Fsp3) is 0.381. The van der Waals surface area contributed by atoms with Crippen molar-refractivity contribution in [1.82, 2.24) is 4.31 Å². The Bertz CT molecular complexity index is 997. The number of piperidine rings is 1. The molecule has 0 unspecified atom stereocenters. The lowest BCUT2D eigenvalue weighted by Crippen LogP contribution is -2.41. The van der Waals surface area contributed by atoms with Crippen molar-refractivity contribution in [2.75, 3.05) is 18.4 Å². The highest BCUT2D eigenvalue weighted by molar-refractivity contribution is 7.89. The minimum absolute atomic E-state index is 0.0887. The summed E-state index contributed by atoms with van der Waals surface area (Å²) in [6.07, 6.45) is 0.991. The summed E-state index contributed by atoms with van der Waals surface area (Å²) in [6, 6.07) is 10.8. The van der Waals surface area contributed by atoms with Gasteiger partial charge in [-0.25, -0.2) is 8.42 Å². The number of nitrogens with one attached hydrogen (secondary N) is 1. The van der Waals surface area contributed by atoms with E-state index in [2.05, 4.69) is 5.32 Å². The van der Waals surface area contributed by atoms with Gasteiger partial charge in [0, 0.05) is 29.7 Å². The Hall–Kier alpha value is -1.89. The van der Waals surface area contributed by atoms with E-state index in [0.29, 0.717) is 41.5 Å². The molecule has 5 nitrogen and oxygen atoms in total. The molecule has 0 saturated carbocycles. The minimum Gasteiger partial charge on any atom is -0.326 e. The standard InChI is InChI=1S/C21H25ClN2O3S/c1-14-7-8-15(2)20(13-14)28(26,27)24-11-9-17(10-12-24)21(25)23-19-6-4-5-18(22)16(19)3/h4-8,13,17H,9-12H2,1-3H3,(H,23,25). The Balaban J connectivity index is 1.67. The topological polar surface area (TPSA) is 66.5 Å². The van der Waals surface area contributed by atoms with Crippen LogP contribution in [0, 0.1) is 26.7 Å². The van der Waals surface area contributed by atoms with E-state index >= 15 is 0 Å². The van der Waals surface area contributed by atoms with Crippen molar-refractivity contribution >= 4 is 33.2 Å². The number of hydrogen-bond donors (Lipinski definition) is 1. The summed E-state index contributed by atoms with van der Waals surface area (Å²) in [7, 11) is -3.55. The molecule has 1 fully saturated rings. The summed E-state index contributed by atoms with van der Waals surface area (Å²) in [4.78, 5) is 13.0. The quantitative estimate of drug-likeness (QED) is 0.801. The Morgan fingerprint density at radius 1 is 1.11 bits per heavy atom. The molecular weight excluding hydrogens is 396 g/mol. The number of hydrogen-bond acceptors (Lipinski definition) is 3. The first-order chi connectivity index (χ1) is 13.2. The molecule has 2 aromatic rings. The molecule has 0 aromatic heterocycles. The molecule has 28 heavy (non-hydrogen) atoms. The van der Waals surface area contributed by atoms with Crippen LogP contribution in [0.4, 0.5) is 5.69 Å². The van der Waals surface area contributed by atoms with Crippen LogP contribution in [-0.2, 0) is 14.8 Å². The van der Waals surface area contributed by atoms with Crippen LogP contribution in [0.15, 0.2) is 41.3 Å². The van der Waals surface area contributed by atoms with Crippen molar-refractivity contribution in [2.24, 2.45) is 5.92 Å². The van der Waals surface area contributed by atoms with Crippen molar-refractivity contribution in [3.63, 3.8) is 0 Å². The van der Waals surface area contributed by atoms with E-state index in [1.165, 1.54) is 4.31 Å². The molecule has 1 heterocycles. The molecule has 1 N–H and O–H groups in total. The van der Waals surface area contributed by atoms with Crippen LogP contribution in [0.25, 0.3) is 0 Å². The van der Waals surface area contributed by atoms with Crippen LogP contribution in [0.3, 0.4) is 0 Å². The number of amides is 1. The molecule has 2 aromatic carbocycles. The van der Waals surface area contributed by atoms with Crippen LogP contribution in [0.5, 0.6) is 0 Å². The minimum atomic E-state index is -3.55. The number of aryl methyl sites for hydroxylation is 2. The fourth-order valence-electron chi connectivity index (χ4n) is 3.46. The van der Waals surface area contributed by atoms with Crippen molar-refractivity contribution in [3.8, 4) is 0 Å². The third kappa shape index (κ3) is 4.24.